The number of fused-ring (bicyclic) bond motifs is 1. The normalized spacial score (nSPS) is 12.5. The van der Waals surface area contributed by atoms with Crippen molar-refractivity contribution in [3.05, 3.63) is 66.1 Å². The van der Waals surface area contributed by atoms with E-state index in [2.05, 4.69) is 25.2 Å². The summed E-state index contributed by atoms with van der Waals surface area (Å²) in [6.45, 7) is 4.10. The topological polar surface area (TPSA) is 102 Å². The number of ether oxygens (including phenoxy) is 1. The number of nitrogens with one attached hydrogen (secondary N) is 1. The van der Waals surface area contributed by atoms with E-state index >= 15 is 0 Å². The number of anilines is 1. The maximum atomic E-state index is 13.0. The van der Waals surface area contributed by atoms with Gasteiger partial charge in [0.25, 0.3) is 5.91 Å². The Morgan fingerprint density at radius 1 is 1.26 bits per heavy atom. The minimum Gasteiger partial charge on any atom is -0.420 e. The van der Waals surface area contributed by atoms with E-state index in [1.165, 1.54) is 24.3 Å². The lowest BCUT2D eigenvalue weighted by Gasteiger charge is -2.13. The Morgan fingerprint density at radius 2 is 2.00 bits per heavy atom. The van der Waals surface area contributed by atoms with Crippen LogP contribution in [0.5, 0.6) is 5.75 Å². The van der Waals surface area contributed by atoms with Crippen LogP contribution in [0.1, 0.15) is 36.1 Å². The molecule has 0 aliphatic rings. The first-order chi connectivity index (χ1) is 16.2. The lowest BCUT2D eigenvalue weighted by molar-refractivity contribution is -0.0964. The Balaban J connectivity index is 1.73. The second-order valence-electron chi connectivity index (χ2n) is 7.42. The zero-order valence-corrected chi connectivity index (χ0v) is 18.9. The van der Waals surface area contributed by atoms with Gasteiger partial charge in [-0.15, -0.1) is 8.78 Å². The maximum Gasteiger partial charge on any atom is 0.487 e. The molecule has 0 fully saturated rings. The second kappa shape index (κ2) is 9.32. The van der Waals surface area contributed by atoms with Gasteiger partial charge in [-0.1, -0.05) is 0 Å². The molecule has 1 atom stereocenters. The van der Waals surface area contributed by atoms with Crippen LogP contribution in [0.3, 0.4) is 0 Å². The van der Waals surface area contributed by atoms with E-state index in [-0.39, 0.29) is 5.75 Å². The fourth-order valence-corrected chi connectivity index (χ4v) is 3.73. The van der Waals surface area contributed by atoms with Crippen molar-refractivity contribution in [3.63, 3.8) is 0 Å². The standard InChI is InChI=1S/C23H20ClF2N5O3/c1-3-31-20-17(18-5-4-10-27-30-18)11-14(12-19(20)29-21(31)13(2)32)22(33)28-15-6-8-16(9-7-15)34-23(24,25)26/h4-13,32H,3H2,1-2H3,(H,28,33)/t13-/m0/s1. The number of alkyl halides is 3. The number of halogens is 3. The highest BCUT2D eigenvalue weighted by Gasteiger charge is 2.27. The van der Waals surface area contributed by atoms with Crippen molar-refractivity contribution in [2.75, 3.05) is 5.32 Å². The SMILES string of the molecule is CCn1c([C@H](C)O)nc2cc(C(=O)Nc3ccc(OC(F)(F)Cl)cc3)cc(-c3cccnn3)c21. The van der Waals surface area contributed by atoms with Gasteiger partial charge in [0, 0.05) is 41.2 Å². The molecular weight excluding hydrogens is 468 g/mol. The Bertz CT molecular complexity index is 1320. The van der Waals surface area contributed by atoms with Gasteiger partial charge in [0.05, 0.1) is 16.7 Å². The van der Waals surface area contributed by atoms with Crippen LogP contribution in [-0.2, 0) is 6.54 Å². The molecule has 176 valence electrons. The second-order valence-corrected chi connectivity index (χ2v) is 7.86. The number of nitrogens with zero attached hydrogens (tertiary/aromatic N) is 4. The predicted molar refractivity (Wildman–Crippen MR) is 123 cm³/mol. The first kappa shape index (κ1) is 23.5. The van der Waals surface area contributed by atoms with Crippen molar-refractivity contribution < 1.29 is 23.4 Å². The minimum atomic E-state index is -3.83. The number of aliphatic hydroxyl groups is 1. The van der Waals surface area contributed by atoms with Crippen molar-refractivity contribution in [2.24, 2.45) is 0 Å². The molecule has 2 N–H and O–H groups in total. The average molecular weight is 488 g/mol. The Labute approximate surface area is 198 Å². The summed E-state index contributed by atoms with van der Waals surface area (Å²) in [4.78, 5) is 17.6. The highest BCUT2D eigenvalue weighted by atomic mass is 35.5. The summed E-state index contributed by atoms with van der Waals surface area (Å²) in [6.07, 6.45) is 0.726. The number of carbonyl (C=O) groups excluding carboxylic acids is 1. The van der Waals surface area contributed by atoms with Gasteiger partial charge in [0.1, 0.15) is 17.7 Å². The molecule has 0 aliphatic carbocycles. The van der Waals surface area contributed by atoms with E-state index in [4.69, 9.17) is 11.6 Å². The molecule has 2 aromatic heterocycles. The summed E-state index contributed by atoms with van der Waals surface area (Å²) in [7, 11) is 0. The Hall–Kier alpha value is -3.63. The molecular formula is C23H20ClF2N5O3. The molecule has 0 bridgehead atoms. The van der Waals surface area contributed by atoms with Crippen LogP contribution in [-0.4, -0.2) is 36.3 Å². The summed E-state index contributed by atoms with van der Waals surface area (Å²) >= 11 is 4.77. The van der Waals surface area contributed by atoms with E-state index in [0.29, 0.717) is 40.4 Å². The molecule has 2 aromatic carbocycles. The smallest absolute Gasteiger partial charge is 0.420 e. The molecule has 2 heterocycles. The summed E-state index contributed by atoms with van der Waals surface area (Å²) in [5, 5.41) is 21.0. The van der Waals surface area contributed by atoms with Crippen LogP contribution < -0.4 is 10.1 Å². The third-order valence-corrected chi connectivity index (χ3v) is 5.09. The molecule has 34 heavy (non-hydrogen) atoms. The lowest BCUT2D eigenvalue weighted by atomic mass is 10.0. The van der Waals surface area contributed by atoms with Crippen LogP contribution >= 0.6 is 11.6 Å². The highest BCUT2D eigenvalue weighted by Crippen LogP contribution is 2.32. The van der Waals surface area contributed by atoms with Gasteiger partial charge in [-0.25, -0.2) is 4.98 Å². The number of aliphatic hydroxyl groups excluding tert-OH is 1. The third-order valence-electron chi connectivity index (χ3n) is 5.02. The lowest BCUT2D eigenvalue weighted by Crippen LogP contribution is -2.16. The van der Waals surface area contributed by atoms with E-state index in [9.17, 15) is 18.7 Å². The van der Waals surface area contributed by atoms with Crippen molar-refractivity contribution >= 4 is 34.2 Å². The molecule has 0 spiro atoms. The number of amides is 1. The van der Waals surface area contributed by atoms with Crippen LogP contribution in [0.15, 0.2) is 54.7 Å². The Kier molecular flexibility index (Phi) is 6.45. The molecule has 1 amide bonds. The molecule has 4 rings (SSSR count). The molecule has 0 saturated carbocycles. The monoisotopic (exact) mass is 487 g/mol. The fraction of sp³-hybridized carbons (Fsp3) is 0.217. The Morgan fingerprint density at radius 3 is 2.59 bits per heavy atom. The van der Waals surface area contributed by atoms with Gasteiger partial charge in [0.2, 0.25) is 0 Å². The number of rotatable bonds is 7. The third kappa shape index (κ3) is 4.97. The number of hydrogen-bond donors (Lipinski definition) is 2. The van der Waals surface area contributed by atoms with Gasteiger partial charge < -0.3 is 19.7 Å². The van der Waals surface area contributed by atoms with E-state index in [0.717, 1.165) is 5.52 Å². The molecule has 0 unspecified atom stereocenters. The highest BCUT2D eigenvalue weighted by molar-refractivity contribution is 6.20. The van der Waals surface area contributed by atoms with Crippen molar-refractivity contribution in [2.45, 2.75) is 32.1 Å². The van der Waals surface area contributed by atoms with Gasteiger partial charge in [-0.2, -0.15) is 10.2 Å². The molecule has 11 heteroatoms. The summed E-state index contributed by atoms with van der Waals surface area (Å²) in [5.74, 6) is -0.139. The van der Waals surface area contributed by atoms with E-state index < -0.39 is 17.6 Å². The molecule has 8 nitrogen and oxygen atoms in total. The van der Waals surface area contributed by atoms with Crippen molar-refractivity contribution in [1.29, 1.82) is 0 Å². The minimum absolute atomic E-state index is 0.153. The zero-order valence-electron chi connectivity index (χ0n) is 18.2. The number of hydrogen-bond acceptors (Lipinski definition) is 6. The maximum absolute atomic E-state index is 13.0. The fourth-order valence-electron chi connectivity index (χ4n) is 3.64. The molecule has 0 saturated heterocycles. The quantitative estimate of drug-likeness (QED) is 0.356. The number of benzene rings is 2. The van der Waals surface area contributed by atoms with Gasteiger partial charge >= 0.3 is 5.57 Å². The average Bonchev–Trinajstić information content (AvgIpc) is 3.18. The predicted octanol–water partition coefficient (Wildman–Crippen LogP) is 4.99. The molecule has 0 radical (unpaired) electrons. The van der Waals surface area contributed by atoms with Gasteiger partial charge in [0.15, 0.2) is 0 Å². The van der Waals surface area contributed by atoms with Crippen LogP contribution in [0.25, 0.3) is 22.3 Å². The number of imidazole rings is 1. The number of aromatic nitrogens is 4. The number of aryl methyl sites for hydroxylation is 1. The van der Waals surface area contributed by atoms with Crippen LogP contribution in [0.2, 0.25) is 0 Å². The summed E-state index contributed by atoms with van der Waals surface area (Å²) in [5.41, 5.74) is -0.775. The zero-order chi connectivity index (χ0) is 24.5. The van der Waals surface area contributed by atoms with Crippen molar-refractivity contribution in [1.82, 2.24) is 19.7 Å². The summed E-state index contributed by atoms with van der Waals surface area (Å²) in [6, 6.07) is 12.1. The van der Waals surface area contributed by atoms with E-state index in [1.54, 1.807) is 37.4 Å². The summed E-state index contributed by atoms with van der Waals surface area (Å²) < 4.78 is 31.7. The number of carbonyl (C=O) groups is 1. The van der Waals surface area contributed by atoms with Gasteiger partial charge in [-0.3, -0.25) is 4.79 Å². The largest absolute Gasteiger partial charge is 0.487 e. The van der Waals surface area contributed by atoms with Gasteiger partial charge in [-0.05, 0) is 62.4 Å². The van der Waals surface area contributed by atoms with Crippen molar-refractivity contribution in [3.8, 4) is 17.0 Å². The van der Waals surface area contributed by atoms with Crippen LogP contribution in [0, 0.1) is 0 Å². The van der Waals surface area contributed by atoms with Crippen LogP contribution in [0.4, 0.5) is 14.5 Å². The molecule has 4 aromatic rings. The molecule has 0 aliphatic heterocycles. The van der Waals surface area contributed by atoms with E-state index in [1.807, 2.05) is 11.5 Å². The first-order valence-electron chi connectivity index (χ1n) is 10.3. The first-order valence-corrected chi connectivity index (χ1v) is 10.7.